The highest BCUT2D eigenvalue weighted by molar-refractivity contribution is 5.97. The van der Waals surface area contributed by atoms with Crippen molar-refractivity contribution in [2.75, 3.05) is 7.11 Å². The van der Waals surface area contributed by atoms with E-state index in [4.69, 9.17) is 16.2 Å². The lowest BCUT2D eigenvalue weighted by Gasteiger charge is -2.03. The number of amidine groups is 1. The second-order valence-electron chi connectivity index (χ2n) is 2.60. The molecule has 0 bridgehead atoms. The van der Waals surface area contributed by atoms with Gasteiger partial charge in [0, 0.05) is 5.56 Å². The Labute approximate surface area is 86.2 Å². The molecular weight excluding hydrogens is 199 g/mol. The van der Waals surface area contributed by atoms with Crippen LogP contribution < -0.4 is 16.2 Å². The van der Waals surface area contributed by atoms with Crippen LogP contribution in [-0.2, 0) is 0 Å². The lowest BCUT2D eigenvalue weighted by Crippen LogP contribution is -2.13. The van der Waals surface area contributed by atoms with Crippen LogP contribution in [0, 0.1) is 5.82 Å². The molecule has 0 aliphatic carbocycles. The third kappa shape index (κ3) is 2.67. The van der Waals surface area contributed by atoms with Gasteiger partial charge in [0.25, 0.3) is 0 Å². The fourth-order valence-corrected chi connectivity index (χ4v) is 0.979. The van der Waals surface area contributed by atoms with Gasteiger partial charge in [0.2, 0.25) is 0 Å². The molecule has 0 fully saturated rings. The van der Waals surface area contributed by atoms with Crippen LogP contribution in [0.4, 0.5) is 4.39 Å². The van der Waals surface area contributed by atoms with Crippen molar-refractivity contribution >= 4 is 12.2 Å². The van der Waals surface area contributed by atoms with Crippen molar-refractivity contribution in [3.8, 4) is 5.75 Å². The highest BCUT2D eigenvalue weighted by Gasteiger charge is 2.05. The Kier molecular flexibility index (Phi) is 3.61. The first kappa shape index (κ1) is 11.0. The van der Waals surface area contributed by atoms with Crippen LogP contribution >= 0.6 is 0 Å². The number of methoxy groups -OCH3 is 1. The van der Waals surface area contributed by atoms with E-state index in [9.17, 15) is 4.39 Å². The molecule has 15 heavy (non-hydrogen) atoms. The van der Waals surface area contributed by atoms with Gasteiger partial charge in [-0.1, -0.05) is 0 Å². The number of nitrogens with two attached hydrogens (primary N) is 2. The van der Waals surface area contributed by atoms with Gasteiger partial charge in [0.1, 0.15) is 6.34 Å². The van der Waals surface area contributed by atoms with Crippen LogP contribution in [0.1, 0.15) is 5.56 Å². The van der Waals surface area contributed by atoms with E-state index in [1.807, 2.05) is 0 Å². The molecule has 0 amide bonds. The lowest BCUT2D eigenvalue weighted by molar-refractivity contribution is 0.386. The summed E-state index contributed by atoms with van der Waals surface area (Å²) in [6.45, 7) is 0. The van der Waals surface area contributed by atoms with Gasteiger partial charge in [-0.3, -0.25) is 0 Å². The Bertz CT molecular complexity index is 403. The van der Waals surface area contributed by atoms with E-state index in [2.05, 4.69) is 10.2 Å². The van der Waals surface area contributed by atoms with Gasteiger partial charge >= 0.3 is 0 Å². The standard InChI is InChI=1S/C9H11FN4O/c1-15-8-3-2-6(4-7(8)10)9(12)14-13-5-11/h2-5H,1H3,(H2,11,13)(H2,12,14). The number of rotatable bonds is 3. The summed E-state index contributed by atoms with van der Waals surface area (Å²) in [6, 6.07) is 4.25. The maximum atomic E-state index is 13.2. The van der Waals surface area contributed by atoms with Crippen molar-refractivity contribution in [1.29, 1.82) is 0 Å². The molecule has 0 aromatic heterocycles. The van der Waals surface area contributed by atoms with E-state index in [1.54, 1.807) is 6.07 Å². The molecule has 6 heteroatoms. The SMILES string of the molecule is COc1ccc(/C(N)=N/N=C\N)cc1F. The van der Waals surface area contributed by atoms with Gasteiger partial charge in [-0.15, -0.1) is 10.2 Å². The summed E-state index contributed by atoms with van der Waals surface area (Å²) in [5, 5.41) is 6.92. The monoisotopic (exact) mass is 210 g/mol. The second-order valence-corrected chi connectivity index (χ2v) is 2.60. The molecule has 4 N–H and O–H groups in total. The number of benzene rings is 1. The Morgan fingerprint density at radius 2 is 2.27 bits per heavy atom. The molecule has 1 rings (SSSR count). The molecule has 0 atom stereocenters. The highest BCUT2D eigenvalue weighted by atomic mass is 19.1. The van der Waals surface area contributed by atoms with Crippen LogP contribution in [0.3, 0.4) is 0 Å². The summed E-state index contributed by atoms with van der Waals surface area (Å²) in [6.07, 6.45) is 0.993. The molecule has 0 aliphatic heterocycles. The molecular formula is C9H11FN4O. The third-order valence-corrected chi connectivity index (χ3v) is 1.68. The molecule has 1 aromatic carbocycles. The minimum atomic E-state index is -0.509. The van der Waals surface area contributed by atoms with Crippen LogP contribution in [-0.4, -0.2) is 19.3 Å². The summed E-state index contributed by atoms with van der Waals surface area (Å²) in [5.41, 5.74) is 10.9. The first-order valence-corrected chi connectivity index (χ1v) is 4.09. The zero-order valence-corrected chi connectivity index (χ0v) is 8.14. The summed E-state index contributed by atoms with van der Waals surface area (Å²) >= 11 is 0. The first-order chi connectivity index (χ1) is 7.19. The van der Waals surface area contributed by atoms with Gasteiger partial charge in [0.15, 0.2) is 17.4 Å². The summed E-state index contributed by atoms with van der Waals surface area (Å²) in [4.78, 5) is 0. The summed E-state index contributed by atoms with van der Waals surface area (Å²) in [7, 11) is 1.38. The van der Waals surface area contributed by atoms with Crippen LogP contribution in [0.25, 0.3) is 0 Å². The smallest absolute Gasteiger partial charge is 0.165 e. The molecule has 0 saturated carbocycles. The lowest BCUT2D eigenvalue weighted by atomic mass is 10.2. The van der Waals surface area contributed by atoms with Gasteiger partial charge in [-0.25, -0.2) is 4.39 Å². The van der Waals surface area contributed by atoms with Crippen molar-refractivity contribution in [3.63, 3.8) is 0 Å². The normalized spacial score (nSPS) is 12.0. The zero-order valence-electron chi connectivity index (χ0n) is 8.14. The number of hydrogen-bond donors (Lipinski definition) is 2. The molecule has 1 aromatic rings. The van der Waals surface area contributed by atoms with Gasteiger partial charge < -0.3 is 16.2 Å². The minimum absolute atomic E-state index is 0.0817. The van der Waals surface area contributed by atoms with Crippen molar-refractivity contribution in [3.05, 3.63) is 29.6 Å². The molecule has 0 aliphatic rings. The highest BCUT2D eigenvalue weighted by Crippen LogP contribution is 2.17. The quantitative estimate of drug-likeness (QED) is 0.431. The predicted octanol–water partition coefficient (Wildman–Crippen LogP) is 0.442. The van der Waals surface area contributed by atoms with Crippen LogP contribution in [0.2, 0.25) is 0 Å². The van der Waals surface area contributed by atoms with Crippen molar-refractivity contribution in [2.24, 2.45) is 21.7 Å². The molecule has 0 radical (unpaired) electrons. The van der Waals surface area contributed by atoms with E-state index in [0.29, 0.717) is 5.56 Å². The molecule has 0 unspecified atom stereocenters. The molecule has 0 spiro atoms. The van der Waals surface area contributed by atoms with Gasteiger partial charge in [0.05, 0.1) is 7.11 Å². The van der Waals surface area contributed by atoms with Crippen molar-refractivity contribution < 1.29 is 9.13 Å². The summed E-state index contributed by atoms with van der Waals surface area (Å²) in [5.74, 6) is -0.281. The third-order valence-electron chi connectivity index (χ3n) is 1.68. The number of hydrogen-bond acceptors (Lipinski definition) is 3. The Balaban J connectivity index is 3.02. The van der Waals surface area contributed by atoms with Gasteiger partial charge in [-0.2, -0.15) is 0 Å². The van der Waals surface area contributed by atoms with E-state index in [1.165, 1.54) is 19.2 Å². The average Bonchev–Trinajstić information content (AvgIpc) is 2.25. The number of halogens is 1. The maximum Gasteiger partial charge on any atom is 0.165 e. The minimum Gasteiger partial charge on any atom is -0.494 e. The van der Waals surface area contributed by atoms with Crippen LogP contribution in [0.5, 0.6) is 5.75 Å². The summed E-state index contributed by atoms with van der Waals surface area (Å²) < 4.78 is 18.0. The molecule has 80 valence electrons. The Morgan fingerprint density at radius 3 is 2.80 bits per heavy atom. The molecule has 0 saturated heterocycles. The predicted molar refractivity (Wildman–Crippen MR) is 56.4 cm³/mol. The zero-order chi connectivity index (χ0) is 11.3. The van der Waals surface area contributed by atoms with Crippen LogP contribution in [0.15, 0.2) is 28.4 Å². The fraction of sp³-hybridized carbons (Fsp3) is 0.111. The first-order valence-electron chi connectivity index (χ1n) is 4.09. The fourth-order valence-electron chi connectivity index (χ4n) is 0.979. The Morgan fingerprint density at radius 1 is 1.53 bits per heavy atom. The van der Waals surface area contributed by atoms with E-state index < -0.39 is 5.82 Å². The van der Waals surface area contributed by atoms with E-state index in [-0.39, 0.29) is 11.6 Å². The Hall–Kier alpha value is -2.11. The number of nitrogens with zero attached hydrogens (tertiary/aromatic N) is 2. The second kappa shape index (κ2) is 4.94. The van der Waals surface area contributed by atoms with Gasteiger partial charge in [-0.05, 0) is 18.2 Å². The maximum absolute atomic E-state index is 13.2. The van der Waals surface area contributed by atoms with Crippen molar-refractivity contribution in [1.82, 2.24) is 0 Å². The van der Waals surface area contributed by atoms with Crippen molar-refractivity contribution in [2.45, 2.75) is 0 Å². The number of ether oxygens (including phenoxy) is 1. The van der Waals surface area contributed by atoms with E-state index in [0.717, 1.165) is 6.34 Å². The molecule has 5 nitrogen and oxygen atoms in total. The van der Waals surface area contributed by atoms with E-state index >= 15 is 0 Å². The topological polar surface area (TPSA) is 86.0 Å². The molecule has 0 heterocycles. The largest absolute Gasteiger partial charge is 0.494 e. The average molecular weight is 210 g/mol.